The molecule has 1 nitrogen and oxygen atoms in total. The maximum absolute atomic E-state index is 11.5. The Hall–Kier alpha value is -0.590. The van der Waals surface area contributed by atoms with Gasteiger partial charge in [-0.3, -0.25) is 4.79 Å². The molecule has 0 aliphatic heterocycles. The highest BCUT2D eigenvalue weighted by atomic mass is 16.1. The number of hydrogen-bond donors (Lipinski definition) is 0. The van der Waals surface area contributed by atoms with Crippen molar-refractivity contribution < 1.29 is 4.79 Å². The van der Waals surface area contributed by atoms with Crippen molar-refractivity contribution in [2.45, 2.75) is 59.8 Å². The van der Waals surface area contributed by atoms with Gasteiger partial charge < -0.3 is 0 Å². The van der Waals surface area contributed by atoms with Gasteiger partial charge in [-0.2, -0.15) is 0 Å². The lowest BCUT2D eigenvalue weighted by molar-refractivity contribution is -0.116. The predicted molar refractivity (Wildman–Crippen MR) is 67.2 cm³/mol. The van der Waals surface area contributed by atoms with E-state index in [4.69, 9.17) is 0 Å². The van der Waals surface area contributed by atoms with Gasteiger partial charge in [0, 0.05) is 6.42 Å². The van der Waals surface area contributed by atoms with E-state index in [0.29, 0.717) is 16.6 Å². The lowest BCUT2D eigenvalue weighted by atomic mass is 9.59. The SMILES string of the molecule is CC(C)(C)[C@@H]1CC[C@@]2(C)CCC(=O)C=C2C1. The van der Waals surface area contributed by atoms with Crippen LogP contribution in [0.1, 0.15) is 59.8 Å². The van der Waals surface area contributed by atoms with Gasteiger partial charge in [0.25, 0.3) is 0 Å². The quantitative estimate of drug-likeness (QED) is 0.600. The molecule has 2 atom stereocenters. The Bertz CT molecular complexity index is 332. The molecule has 0 saturated heterocycles. The Morgan fingerprint density at radius 3 is 2.62 bits per heavy atom. The molecule has 2 rings (SSSR count). The van der Waals surface area contributed by atoms with Gasteiger partial charge in [-0.05, 0) is 48.5 Å². The molecule has 0 spiro atoms. The van der Waals surface area contributed by atoms with Gasteiger partial charge >= 0.3 is 0 Å². The Morgan fingerprint density at radius 1 is 1.31 bits per heavy atom. The van der Waals surface area contributed by atoms with E-state index in [9.17, 15) is 4.79 Å². The van der Waals surface area contributed by atoms with Crippen molar-refractivity contribution >= 4 is 5.78 Å². The van der Waals surface area contributed by atoms with Gasteiger partial charge in [0.1, 0.15) is 0 Å². The average Bonchev–Trinajstić information content (AvgIpc) is 2.16. The van der Waals surface area contributed by atoms with Crippen LogP contribution < -0.4 is 0 Å². The van der Waals surface area contributed by atoms with Crippen molar-refractivity contribution in [2.75, 3.05) is 0 Å². The largest absolute Gasteiger partial charge is 0.295 e. The van der Waals surface area contributed by atoms with Gasteiger partial charge in [-0.25, -0.2) is 0 Å². The van der Waals surface area contributed by atoms with E-state index >= 15 is 0 Å². The molecular weight excluding hydrogens is 196 g/mol. The van der Waals surface area contributed by atoms with Crippen molar-refractivity contribution in [3.63, 3.8) is 0 Å². The molecule has 0 aromatic rings. The van der Waals surface area contributed by atoms with Gasteiger partial charge in [0.05, 0.1) is 0 Å². The minimum atomic E-state index is 0.343. The fraction of sp³-hybridized carbons (Fsp3) is 0.800. The van der Waals surface area contributed by atoms with Crippen LogP contribution in [0.15, 0.2) is 11.6 Å². The highest BCUT2D eigenvalue weighted by Crippen LogP contribution is 2.51. The Kier molecular flexibility index (Phi) is 2.76. The average molecular weight is 220 g/mol. The van der Waals surface area contributed by atoms with Crippen LogP contribution in [0.5, 0.6) is 0 Å². The van der Waals surface area contributed by atoms with Crippen LogP contribution >= 0.6 is 0 Å². The van der Waals surface area contributed by atoms with Crippen LogP contribution in [0.4, 0.5) is 0 Å². The van der Waals surface area contributed by atoms with Crippen LogP contribution in [0.25, 0.3) is 0 Å². The lowest BCUT2D eigenvalue weighted by Gasteiger charge is -2.45. The highest BCUT2D eigenvalue weighted by molar-refractivity contribution is 5.91. The van der Waals surface area contributed by atoms with E-state index in [1.54, 1.807) is 0 Å². The fourth-order valence-corrected chi connectivity index (χ4v) is 3.19. The molecule has 0 amide bonds. The maximum Gasteiger partial charge on any atom is 0.155 e. The second kappa shape index (κ2) is 3.72. The third kappa shape index (κ3) is 2.09. The van der Waals surface area contributed by atoms with E-state index in [1.165, 1.54) is 18.4 Å². The first-order valence-electron chi connectivity index (χ1n) is 6.55. The van der Waals surface area contributed by atoms with Crippen LogP contribution in [0.2, 0.25) is 0 Å². The highest BCUT2D eigenvalue weighted by Gasteiger charge is 2.40. The first-order valence-corrected chi connectivity index (χ1v) is 6.55. The zero-order valence-electron chi connectivity index (χ0n) is 11.1. The van der Waals surface area contributed by atoms with Crippen molar-refractivity contribution in [1.82, 2.24) is 0 Å². The molecule has 1 heteroatoms. The first kappa shape index (κ1) is 11.9. The second-order valence-corrected chi connectivity index (χ2v) is 7.00. The van der Waals surface area contributed by atoms with Crippen LogP contribution in [-0.2, 0) is 4.79 Å². The van der Waals surface area contributed by atoms with E-state index < -0.39 is 0 Å². The number of rotatable bonds is 0. The predicted octanol–water partition coefficient (Wildman–Crippen LogP) is 4.13. The van der Waals surface area contributed by atoms with Crippen LogP contribution in [0, 0.1) is 16.7 Å². The molecule has 0 radical (unpaired) electrons. The Balaban J connectivity index is 2.22. The lowest BCUT2D eigenvalue weighted by Crippen LogP contribution is -2.35. The number of carbonyl (C=O) groups excluding carboxylic acids is 1. The summed E-state index contributed by atoms with van der Waals surface area (Å²) in [7, 11) is 0. The van der Waals surface area contributed by atoms with Crippen LogP contribution in [0.3, 0.4) is 0 Å². The third-order valence-electron chi connectivity index (χ3n) is 4.77. The minimum Gasteiger partial charge on any atom is -0.295 e. The minimum absolute atomic E-state index is 0.343. The standard InChI is InChI=1S/C15H24O/c1-14(2,3)11-5-7-15(4)8-6-13(16)10-12(15)9-11/h10-11H,5-9H2,1-4H3/t11-,15+/m1/s1. The van der Waals surface area contributed by atoms with Gasteiger partial charge in [-0.15, -0.1) is 0 Å². The van der Waals surface area contributed by atoms with Crippen molar-refractivity contribution in [1.29, 1.82) is 0 Å². The molecule has 0 N–H and O–H groups in total. The Morgan fingerprint density at radius 2 is 2.00 bits per heavy atom. The Labute approximate surface area is 99.3 Å². The molecular formula is C15H24O. The summed E-state index contributed by atoms with van der Waals surface area (Å²) >= 11 is 0. The van der Waals surface area contributed by atoms with Crippen molar-refractivity contribution in [3.05, 3.63) is 11.6 Å². The molecule has 90 valence electrons. The van der Waals surface area contributed by atoms with E-state index in [-0.39, 0.29) is 0 Å². The summed E-state index contributed by atoms with van der Waals surface area (Å²) in [6.07, 6.45) is 7.54. The topological polar surface area (TPSA) is 17.1 Å². The summed E-state index contributed by atoms with van der Waals surface area (Å²) in [5.41, 5.74) is 2.16. The van der Waals surface area contributed by atoms with E-state index in [0.717, 1.165) is 25.2 Å². The zero-order chi connectivity index (χ0) is 12.0. The van der Waals surface area contributed by atoms with Gasteiger partial charge in [0.15, 0.2) is 5.78 Å². The van der Waals surface area contributed by atoms with Crippen molar-refractivity contribution in [2.24, 2.45) is 16.7 Å². The summed E-state index contributed by atoms with van der Waals surface area (Å²) in [4.78, 5) is 11.5. The smallest absolute Gasteiger partial charge is 0.155 e. The molecule has 2 aliphatic rings. The van der Waals surface area contributed by atoms with Gasteiger partial charge in [0.2, 0.25) is 0 Å². The number of allylic oxidation sites excluding steroid dienone is 2. The molecule has 1 fully saturated rings. The first-order chi connectivity index (χ1) is 7.31. The van der Waals surface area contributed by atoms with Gasteiger partial charge in [-0.1, -0.05) is 33.3 Å². The molecule has 0 aromatic heterocycles. The molecule has 16 heavy (non-hydrogen) atoms. The van der Waals surface area contributed by atoms with E-state index in [1.807, 2.05) is 6.08 Å². The molecule has 0 unspecified atom stereocenters. The summed E-state index contributed by atoms with van der Waals surface area (Å²) in [5.74, 6) is 1.10. The number of hydrogen-bond acceptors (Lipinski definition) is 1. The third-order valence-corrected chi connectivity index (χ3v) is 4.77. The normalized spacial score (nSPS) is 35.6. The molecule has 2 aliphatic carbocycles. The molecule has 0 heterocycles. The number of ketones is 1. The van der Waals surface area contributed by atoms with E-state index in [2.05, 4.69) is 27.7 Å². The summed E-state index contributed by atoms with van der Waals surface area (Å²) < 4.78 is 0. The fourth-order valence-electron chi connectivity index (χ4n) is 3.19. The van der Waals surface area contributed by atoms with Crippen LogP contribution in [-0.4, -0.2) is 5.78 Å². The zero-order valence-corrected chi connectivity index (χ0v) is 11.1. The summed E-state index contributed by atoms with van der Waals surface area (Å²) in [6, 6.07) is 0. The molecule has 0 aromatic carbocycles. The number of carbonyl (C=O) groups is 1. The molecule has 1 saturated carbocycles. The second-order valence-electron chi connectivity index (χ2n) is 7.00. The molecule has 0 bridgehead atoms. The number of fused-ring (bicyclic) bond motifs is 1. The maximum atomic E-state index is 11.5. The monoisotopic (exact) mass is 220 g/mol. The summed E-state index contributed by atoms with van der Waals surface area (Å²) in [6.45, 7) is 9.33. The summed E-state index contributed by atoms with van der Waals surface area (Å²) in [5, 5.41) is 0. The van der Waals surface area contributed by atoms with Crippen molar-refractivity contribution in [3.8, 4) is 0 Å².